The number of aliphatic hydroxyl groups excluding tert-OH is 1. The molecule has 0 spiro atoms. The number of aliphatic carboxylic acids is 2. The number of hydrogen-bond donors (Lipinski definition) is 5. The molecule has 654 valence electrons. The molecular weight excluding hydrogens is 1800 g/mol. The molecule has 4 aliphatic rings. The Morgan fingerprint density at radius 1 is 0.492 bits per heavy atom. The number of rotatable bonds is 23. The van der Waals surface area contributed by atoms with Gasteiger partial charge >= 0.3 is 72.7 Å². The van der Waals surface area contributed by atoms with E-state index in [1.807, 2.05) is 53.7 Å². The predicted octanol–water partition coefficient (Wildman–Crippen LogP) is 7.41. The van der Waals surface area contributed by atoms with Gasteiger partial charge in [0, 0.05) is 101 Å². The zero-order valence-corrected chi connectivity index (χ0v) is 76.7. The smallest absolute Gasteiger partial charge is 0.870 e. The van der Waals surface area contributed by atoms with Gasteiger partial charge in [0.15, 0.2) is 0 Å². The van der Waals surface area contributed by atoms with E-state index in [0.717, 1.165) is 36.7 Å². The molecule has 0 saturated carbocycles. The quantitative estimate of drug-likeness (QED) is 0.0209. The van der Waals surface area contributed by atoms with Gasteiger partial charge in [-0.05, 0) is 151 Å². The molecule has 6 N–H and O–H groups in total. The van der Waals surface area contributed by atoms with E-state index in [2.05, 4.69) is 98.4 Å². The molecule has 0 aliphatic carbocycles. The van der Waals surface area contributed by atoms with E-state index in [1.165, 1.54) is 63.6 Å². The SMILES string of the molecule is COC(=O)C[C@H](C(=O)N1C[C@H](COc2cncc(Br)c2)C[C@H]1C(=O)O)C(C)(C)C.COC(=O)C[C@H](C(=O)N1C[C@H](COc2cncc(Br)c2)C[C@H]1C(=O)OC)C(C)(C)C.COC(=O)C[C@H](C(=O)O)C(C)(C)C.COC(=O)[C@@H]1C[C@@H](CO)CN1C(=O)OC(C)(C)C.COC(=O)[C@@H]1C[C@@H](COc2ccnc(Br)c2)CN1.Oc1cncc(Br)c1.[Li+].[OH-]. The number of amides is 3. The number of hydrogen-bond acceptors (Lipinski definition) is 29. The third kappa shape index (κ3) is 37.8. The maximum Gasteiger partial charge on any atom is 1.00 e. The average Bonchev–Trinajstić information content (AvgIpc) is 1.61. The molecule has 3 amide bonds. The molecule has 4 saturated heterocycles. The molecule has 4 aliphatic heterocycles. The zero-order valence-electron chi connectivity index (χ0n) is 70.3. The second-order valence-corrected chi connectivity index (χ2v) is 35.4. The number of carboxylic acids is 2. The van der Waals surface area contributed by atoms with Crippen LogP contribution in [0.3, 0.4) is 0 Å². The van der Waals surface area contributed by atoms with Gasteiger partial charge in [-0.3, -0.25) is 53.4 Å². The summed E-state index contributed by atoms with van der Waals surface area (Å²) in [6.45, 7) is 24.7. The van der Waals surface area contributed by atoms with Gasteiger partial charge in [0.05, 0.1) is 118 Å². The van der Waals surface area contributed by atoms with Crippen LogP contribution in [0.2, 0.25) is 0 Å². The van der Waals surface area contributed by atoms with Crippen LogP contribution in [-0.2, 0) is 81.1 Å². The van der Waals surface area contributed by atoms with Crippen molar-refractivity contribution in [3.8, 4) is 23.0 Å². The van der Waals surface area contributed by atoms with Gasteiger partial charge in [-0.2, -0.15) is 0 Å². The van der Waals surface area contributed by atoms with Gasteiger partial charge < -0.3 is 88.4 Å². The third-order valence-electron chi connectivity index (χ3n) is 18.6. The Morgan fingerprint density at radius 2 is 0.881 bits per heavy atom. The molecule has 39 heteroatoms. The van der Waals surface area contributed by atoms with Crippen LogP contribution < -0.4 is 38.4 Å². The summed E-state index contributed by atoms with van der Waals surface area (Å²) in [7, 11) is 7.81. The second-order valence-electron chi connectivity index (χ2n) is 31.8. The number of halogens is 4. The van der Waals surface area contributed by atoms with Crippen LogP contribution in [0.1, 0.15) is 128 Å². The topological polar surface area (TPSA) is 464 Å². The Balaban J connectivity index is 0.000000735. The maximum absolute atomic E-state index is 13.4. The van der Waals surface area contributed by atoms with Gasteiger partial charge in [-0.15, -0.1) is 0 Å². The molecule has 118 heavy (non-hydrogen) atoms. The first kappa shape index (κ1) is 108. The van der Waals surface area contributed by atoms with Crippen LogP contribution in [0, 0.1) is 57.7 Å². The molecule has 0 radical (unpaired) electrons. The summed E-state index contributed by atoms with van der Waals surface area (Å²) in [4.78, 5) is 151. The number of aromatic nitrogens is 4. The molecular formula is C79H113Br4LiN8O26. The number of pyridine rings is 4. The van der Waals surface area contributed by atoms with Crippen LogP contribution in [0.15, 0.2) is 91.7 Å². The molecule has 34 nitrogen and oxygen atoms in total. The van der Waals surface area contributed by atoms with Crippen molar-refractivity contribution in [3.05, 3.63) is 91.7 Å². The maximum atomic E-state index is 13.4. The summed E-state index contributed by atoms with van der Waals surface area (Å²) in [6.07, 6.45) is 12.3. The fraction of sp³-hybridized carbons (Fsp3) is 0.608. The molecule has 4 fully saturated rings. The van der Waals surface area contributed by atoms with Gasteiger partial charge in [0.1, 0.15) is 57.4 Å². The van der Waals surface area contributed by atoms with E-state index in [9.17, 15) is 57.8 Å². The van der Waals surface area contributed by atoms with Crippen molar-refractivity contribution in [3.63, 3.8) is 0 Å². The summed E-state index contributed by atoms with van der Waals surface area (Å²) >= 11 is 13.1. The van der Waals surface area contributed by atoms with Gasteiger partial charge in [-0.1, -0.05) is 62.3 Å². The van der Waals surface area contributed by atoms with E-state index in [0.29, 0.717) is 56.6 Å². The van der Waals surface area contributed by atoms with Crippen LogP contribution in [0.5, 0.6) is 23.0 Å². The van der Waals surface area contributed by atoms with E-state index in [4.69, 9.17) is 53.2 Å². The number of carbonyl (C=O) groups is 11. The fourth-order valence-corrected chi connectivity index (χ4v) is 13.6. The van der Waals surface area contributed by atoms with Crippen molar-refractivity contribution in [2.45, 2.75) is 158 Å². The number of carboxylic acid groups (broad SMARTS) is 2. The first-order chi connectivity index (χ1) is 54.1. The van der Waals surface area contributed by atoms with Gasteiger partial charge in [0.25, 0.3) is 0 Å². The summed E-state index contributed by atoms with van der Waals surface area (Å²) in [5.74, 6) is -5.07. The minimum absolute atomic E-state index is 0. The standard InChI is InChI=1S/C21H29BrN2O6.C20H27BrN2O6.C12H15BrN2O3.C12H21NO5.C9H16O4.C5H4BrNO.Li.H2O/c1-21(2,3)16(8-18(25)28-4)19(26)24-11-13(6-17(24)20(27)29-5)12-30-15-7-14(22)9-23-10-15;1-20(2,3)15(7-17(24)28-4)18(25)23-10-12(5-16(23)19(26)27)11-29-14-6-13(21)8-22-9-14;1-17-12(16)10-4-8(6-15-10)7-18-9-2-3-14-11(13)5-9;1-12(2,3)18-11(16)13-6-8(7-14)5-9(13)10(15)17-4;1-9(2,3)6(8(11)12)5-7(10)13-4;6-4-1-5(8)3-7-2-4;;/h7,9-10,13,16-17H,6,8,11-12H2,1-5H3;6,8-9,12,15-16H,5,7,10-11H2,1-4H3,(H,26,27);2-3,5,8,10,15H,4,6-7H2,1H3;8-9,14H,5-7H2,1-4H3;6H,5H2,1-4H3,(H,11,12);1-3,8H;;1H2/q;;;;;;+1;/p-1/t13-,16-,17+;12-,15-,16+;8-,10+;8-,9+;6-;;;/m11111.../s1. The van der Waals surface area contributed by atoms with Gasteiger partial charge in [-0.25, -0.2) is 24.2 Å². The number of esters is 6. The normalized spacial score (nSPS) is 19.3. The number of likely N-dealkylation sites (tertiary alicyclic amines) is 3. The molecule has 0 aromatic carbocycles. The number of aliphatic hydroxyl groups is 1. The van der Waals surface area contributed by atoms with Crippen molar-refractivity contribution >= 4 is 129 Å². The summed E-state index contributed by atoms with van der Waals surface area (Å²) in [5, 5.41) is 39.5. The summed E-state index contributed by atoms with van der Waals surface area (Å²) in [6, 6.07) is 6.26. The molecule has 0 unspecified atom stereocenters. The Labute approximate surface area is 734 Å². The fourth-order valence-electron chi connectivity index (χ4n) is 12.3. The van der Waals surface area contributed by atoms with Crippen LogP contribution >= 0.6 is 63.7 Å². The van der Waals surface area contributed by atoms with Crippen LogP contribution in [0.25, 0.3) is 0 Å². The Bertz CT molecular complexity index is 3890. The Kier molecular flexibility index (Phi) is 47.4. The van der Waals surface area contributed by atoms with Crippen molar-refractivity contribution in [1.82, 2.24) is 40.0 Å². The first-order valence-corrected chi connectivity index (χ1v) is 40.2. The largest absolute Gasteiger partial charge is 1.00 e. The molecule has 8 heterocycles. The van der Waals surface area contributed by atoms with Crippen LogP contribution in [0.4, 0.5) is 4.79 Å². The predicted molar refractivity (Wildman–Crippen MR) is 437 cm³/mol. The summed E-state index contributed by atoms with van der Waals surface area (Å²) < 4.78 is 53.8. The molecule has 4 aromatic heterocycles. The van der Waals surface area contributed by atoms with Crippen molar-refractivity contribution in [2.24, 2.45) is 57.7 Å². The van der Waals surface area contributed by atoms with E-state index >= 15 is 0 Å². The number of methoxy groups -OCH3 is 6. The zero-order chi connectivity index (χ0) is 87.8. The molecule has 0 bridgehead atoms. The van der Waals surface area contributed by atoms with E-state index in [-0.39, 0.29) is 117 Å². The number of ether oxygens (including phenoxy) is 10. The van der Waals surface area contributed by atoms with Crippen molar-refractivity contribution < 1.29 is 145 Å². The van der Waals surface area contributed by atoms with E-state index in [1.54, 1.807) is 96.9 Å². The number of nitrogens with zero attached hydrogens (tertiary/aromatic N) is 7. The van der Waals surface area contributed by atoms with Gasteiger partial charge in [0.2, 0.25) is 11.8 Å². The average molecular weight is 1920 g/mol. The first-order valence-electron chi connectivity index (χ1n) is 37.0. The Hall–Kier alpha value is -7.83. The molecule has 4 aromatic rings. The minimum Gasteiger partial charge on any atom is -0.870 e. The number of carbonyl (C=O) groups excluding carboxylic acids is 9. The number of aromatic hydroxyl groups is 1. The third-order valence-corrected chi connectivity index (χ3v) is 20.3. The molecule has 8 rings (SSSR count). The minimum atomic E-state index is -1.06. The van der Waals surface area contributed by atoms with Crippen molar-refractivity contribution in [2.75, 3.05) is 95.3 Å². The summed E-state index contributed by atoms with van der Waals surface area (Å²) in [5.41, 5.74) is -2.05. The molecule has 11 atom stereocenters. The van der Waals surface area contributed by atoms with Crippen LogP contribution in [-0.4, -0.2) is 251 Å². The monoisotopic (exact) mass is 1910 g/mol. The number of nitrogens with one attached hydrogen (secondary N) is 1. The van der Waals surface area contributed by atoms with E-state index < -0.39 is 106 Å². The second kappa shape index (κ2) is 51.7. The Morgan fingerprint density at radius 3 is 1.25 bits per heavy atom. The van der Waals surface area contributed by atoms with Crippen molar-refractivity contribution in [1.29, 1.82) is 0 Å².